The summed E-state index contributed by atoms with van der Waals surface area (Å²) in [5.41, 5.74) is 3.83. The first-order valence-electron chi connectivity index (χ1n) is 7.82. The van der Waals surface area contributed by atoms with Crippen molar-refractivity contribution in [3.8, 4) is 0 Å². The summed E-state index contributed by atoms with van der Waals surface area (Å²) in [5, 5.41) is 9.01. The van der Waals surface area contributed by atoms with E-state index in [0.29, 0.717) is 23.7 Å². The third-order valence-corrected chi connectivity index (χ3v) is 4.08. The Hall–Kier alpha value is -2.53. The maximum Gasteiger partial charge on any atom is 0.319 e. The van der Waals surface area contributed by atoms with Crippen molar-refractivity contribution in [1.82, 2.24) is 5.32 Å². The fourth-order valence-electron chi connectivity index (χ4n) is 2.65. The van der Waals surface area contributed by atoms with E-state index in [1.807, 2.05) is 12.1 Å². The van der Waals surface area contributed by atoms with Crippen LogP contribution in [0.5, 0.6) is 0 Å². The molecule has 6 heteroatoms. The first-order chi connectivity index (χ1) is 11.6. The monoisotopic (exact) mass is 343 g/mol. The molecule has 2 aromatic rings. The Morgan fingerprint density at radius 2 is 2.04 bits per heavy atom. The summed E-state index contributed by atoms with van der Waals surface area (Å²) >= 11 is 5.88. The highest BCUT2D eigenvalue weighted by atomic mass is 35.5. The van der Waals surface area contributed by atoms with Gasteiger partial charge in [-0.2, -0.15) is 0 Å². The van der Waals surface area contributed by atoms with Crippen molar-refractivity contribution in [2.24, 2.45) is 0 Å². The molecule has 0 saturated carbocycles. The molecule has 0 atom stereocenters. The molecule has 0 unspecified atom stereocenters. The van der Waals surface area contributed by atoms with Crippen LogP contribution in [0.3, 0.4) is 0 Å². The maximum atomic E-state index is 11.9. The van der Waals surface area contributed by atoms with Crippen molar-refractivity contribution in [2.45, 2.75) is 19.3 Å². The number of nitrogens with one attached hydrogen (secondary N) is 3. The molecule has 0 bridgehead atoms. The van der Waals surface area contributed by atoms with Crippen LogP contribution in [0.1, 0.15) is 17.5 Å². The average Bonchev–Trinajstić information content (AvgIpc) is 2.55. The minimum absolute atomic E-state index is 0.0644. The number of hydrogen-bond donors (Lipinski definition) is 3. The van der Waals surface area contributed by atoms with Crippen molar-refractivity contribution >= 4 is 34.9 Å². The number of benzene rings is 2. The smallest absolute Gasteiger partial charge is 0.319 e. The summed E-state index contributed by atoms with van der Waals surface area (Å²) < 4.78 is 0. The quantitative estimate of drug-likeness (QED) is 0.794. The van der Waals surface area contributed by atoms with Gasteiger partial charge in [0.25, 0.3) is 0 Å². The minimum atomic E-state index is -0.262. The van der Waals surface area contributed by atoms with Crippen LogP contribution >= 0.6 is 11.6 Å². The van der Waals surface area contributed by atoms with Crippen LogP contribution in [0.2, 0.25) is 5.02 Å². The van der Waals surface area contributed by atoms with E-state index in [1.54, 1.807) is 24.3 Å². The van der Waals surface area contributed by atoms with Gasteiger partial charge in [-0.15, -0.1) is 0 Å². The molecule has 1 heterocycles. The lowest BCUT2D eigenvalue weighted by Crippen LogP contribution is -2.30. The number of urea groups is 1. The number of carbonyl (C=O) groups excluding carboxylic acids is 2. The number of halogens is 1. The Labute approximate surface area is 145 Å². The Balaban J connectivity index is 1.49. The molecule has 0 fully saturated rings. The normalized spacial score (nSPS) is 13.0. The van der Waals surface area contributed by atoms with E-state index in [1.165, 1.54) is 0 Å². The van der Waals surface area contributed by atoms with Gasteiger partial charge < -0.3 is 16.0 Å². The van der Waals surface area contributed by atoms with Crippen LogP contribution in [0.25, 0.3) is 0 Å². The molecular weight excluding hydrogens is 326 g/mol. The molecule has 0 saturated heterocycles. The fraction of sp³-hybridized carbons (Fsp3) is 0.222. The van der Waals surface area contributed by atoms with E-state index in [-0.39, 0.29) is 11.9 Å². The SMILES string of the molecule is O=C1CCc2cc(CCNC(=O)Nc3cccc(Cl)c3)ccc2N1. The van der Waals surface area contributed by atoms with Crippen LogP contribution < -0.4 is 16.0 Å². The molecule has 124 valence electrons. The third kappa shape index (κ3) is 4.26. The molecule has 2 aromatic carbocycles. The number of amides is 3. The van der Waals surface area contributed by atoms with Gasteiger partial charge in [-0.3, -0.25) is 4.79 Å². The average molecular weight is 344 g/mol. The van der Waals surface area contributed by atoms with Crippen LogP contribution in [0, 0.1) is 0 Å². The summed E-state index contributed by atoms with van der Waals surface area (Å²) in [7, 11) is 0. The summed E-state index contributed by atoms with van der Waals surface area (Å²) in [6.07, 6.45) is 2.01. The predicted octanol–water partition coefficient (Wildman–Crippen LogP) is 3.59. The standard InChI is InChI=1S/C18H18ClN3O2/c19-14-2-1-3-15(11-14)21-18(24)20-9-8-12-4-6-16-13(10-12)5-7-17(23)22-16/h1-4,6,10-11H,5,7-9H2,(H,22,23)(H2,20,21,24). The molecular formula is C18H18ClN3O2. The number of aryl methyl sites for hydroxylation is 1. The van der Waals surface area contributed by atoms with Gasteiger partial charge in [0.2, 0.25) is 5.91 Å². The Morgan fingerprint density at radius 1 is 1.17 bits per heavy atom. The van der Waals surface area contributed by atoms with Crippen LogP contribution in [-0.4, -0.2) is 18.5 Å². The lowest BCUT2D eigenvalue weighted by atomic mass is 9.99. The topological polar surface area (TPSA) is 70.2 Å². The fourth-order valence-corrected chi connectivity index (χ4v) is 2.84. The van der Waals surface area contributed by atoms with Gasteiger partial charge in [0, 0.05) is 29.4 Å². The number of fused-ring (bicyclic) bond motifs is 1. The van der Waals surface area contributed by atoms with Gasteiger partial charge in [-0.25, -0.2) is 4.79 Å². The number of carbonyl (C=O) groups is 2. The maximum absolute atomic E-state index is 11.9. The molecule has 3 amide bonds. The molecule has 0 spiro atoms. The Bertz CT molecular complexity index is 777. The second-order valence-corrected chi connectivity index (χ2v) is 6.12. The first-order valence-corrected chi connectivity index (χ1v) is 8.20. The number of rotatable bonds is 4. The van der Waals surface area contributed by atoms with Crippen molar-refractivity contribution in [2.75, 3.05) is 17.2 Å². The van der Waals surface area contributed by atoms with E-state index in [4.69, 9.17) is 11.6 Å². The van der Waals surface area contributed by atoms with Crippen LogP contribution in [-0.2, 0) is 17.6 Å². The van der Waals surface area contributed by atoms with Gasteiger partial charge in [-0.1, -0.05) is 29.8 Å². The van der Waals surface area contributed by atoms with E-state index >= 15 is 0 Å². The highest BCUT2D eigenvalue weighted by molar-refractivity contribution is 6.30. The highest BCUT2D eigenvalue weighted by Crippen LogP contribution is 2.23. The zero-order valence-electron chi connectivity index (χ0n) is 13.1. The second kappa shape index (κ2) is 7.36. The molecule has 0 aliphatic carbocycles. The number of hydrogen-bond acceptors (Lipinski definition) is 2. The Kier molecular flexibility index (Phi) is 5.01. The van der Waals surface area contributed by atoms with Crippen molar-refractivity contribution in [3.63, 3.8) is 0 Å². The molecule has 0 radical (unpaired) electrons. The van der Waals surface area contributed by atoms with Gasteiger partial charge in [0.1, 0.15) is 0 Å². The lowest BCUT2D eigenvalue weighted by molar-refractivity contribution is -0.116. The van der Waals surface area contributed by atoms with Crippen molar-refractivity contribution < 1.29 is 9.59 Å². The first kappa shape index (κ1) is 16.3. The van der Waals surface area contributed by atoms with Gasteiger partial charge in [-0.05, 0) is 48.2 Å². The van der Waals surface area contributed by atoms with Gasteiger partial charge in [0.15, 0.2) is 0 Å². The van der Waals surface area contributed by atoms with Crippen molar-refractivity contribution in [1.29, 1.82) is 0 Å². The van der Waals surface area contributed by atoms with Gasteiger partial charge >= 0.3 is 6.03 Å². The molecule has 3 N–H and O–H groups in total. The minimum Gasteiger partial charge on any atom is -0.338 e. The Morgan fingerprint density at radius 3 is 2.88 bits per heavy atom. The molecule has 1 aliphatic rings. The van der Waals surface area contributed by atoms with E-state index in [0.717, 1.165) is 29.7 Å². The molecule has 5 nitrogen and oxygen atoms in total. The molecule has 0 aromatic heterocycles. The van der Waals surface area contributed by atoms with Crippen LogP contribution in [0.4, 0.5) is 16.2 Å². The van der Waals surface area contributed by atoms with Gasteiger partial charge in [0.05, 0.1) is 0 Å². The summed E-state index contributed by atoms with van der Waals surface area (Å²) in [5.74, 6) is 0.0644. The predicted molar refractivity (Wildman–Crippen MR) is 95.6 cm³/mol. The van der Waals surface area contributed by atoms with E-state index < -0.39 is 0 Å². The van der Waals surface area contributed by atoms with Crippen LogP contribution in [0.15, 0.2) is 42.5 Å². The molecule has 24 heavy (non-hydrogen) atoms. The van der Waals surface area contributed by atoms with Crippen molar-refractivity contribution in [3.05, 3.63) is 58.6 Å². The summed E-state index contributed by atoms with van der Waals surface area (Å²) in [4.78, 5) is 23.2. The zero-order valence-corrected chi connectivity index (χ0v) is 13.8. The lowest BCUT2D eigenvalue weighted by Gasteiger charge is -2.17. The molecule has 1 aliphatic heterocycles. The highest BCUT2D eigenvalue weighted by Gasteiger charge is 2.14. The zero-order chi connectivity index (χ0) is 16.9. The third-order valence-electron chi connectivity index (χ3n) is 3.85. The summed E-state index contributed by atoms with van der Waals surface area (Å²) in [6, 6.07) is 12.7. The van der Waals surface area contributed by atoms with E-state index in [9.17, 15) is 9.59 Å². The van der Waals surface area contributed by atoms with E-state index in [2.05, 4.69) is 22.0 Å². The molecule has 3 rings (SSSR count). The second-order valence-electron chi connectivity index (χ2n) is 5.68. The largest absolute Gasteiger partial charge is 0.338 e. The number of anilines is 2. The summed E-state index contributed by atoms with van der Waals surface area (Å²) in [6.45, 7) is 0.525.